The van der Waals surface area contributed by atoms with E-state index in [1.54, 1.807) is 0 Å². The number of nitriles is 1. The Morgan fingerprint density at radius 2 is 2.38 bits per heavy atom. The summed E-state index contributed by atoms with van der Waals surface area (Å²) in [5, 5.41) is 11.3. The van der Waals surface area contributed by atoms with Crippen LogP contribution in [0.2, 0.25) is 0 Å². The first-order chi connectivity index (χ1) is 6.04. The van der Waals surface area contributed by atoms with Crippen LogP contribution in [-0.4, -0.2) is 44.7 Å². The summed E-state index contributed by atoms with van der Waals surface area (Å²) in [5.41, 5.74) is 0. The largest absolute Gasteiger partial charge is 0.300 e. The Kier molecular flexibility index (Phi) is 3.25. The molecule has 0 radical (unpaired) electrons. The van der Waals surface area contributed by atoms with Crippen molar-refractivity contribution < 1.29 is 8.42 Å². The molecule has 0 aromatic rings. The number of nitrogens with zero attached hydrogens (tertiary/aromatic N) is 2. The molecule has 0 amide bonds. The molecule has 1 N–H and O–H groups in total. The van der Waals surface area contributed by atoms with Gasteiger partial charge in [-0.2, -0.15) is 5.26 Å². The summed E-state index contributed by atoms with van der Waals surface area (Å²) in [6.45, 7) is 1.32. The highest BCUT2D eigenvalue weighted by atomic mass is 32.2. The molecule has 0 aliphatic carbocycles. The van der Waals surface area contributed by atoms with Gasteiger partial charge in [0.2, 0.25) is 10.0 Å². The second-order valence-electron chi connectivity index (χ2n) is 3.15. The molecule has 0 spiro atoms. The Bertz CT molecular complexity index is 306. The molecule has 1 aliphatic rings. The van der Waals surface area contributed by atoms with Crippen LogP contribution in [0.15, 0.2) is 0 Å². The van der Waals surface area contributed by atoms with E-state index < -0.39 is 10.0 Å². The summed E-state index contributed by atoms with van der Waals surface area (Å²) in [5.74, 6) is 0. The zero-order chi connectivity index (χ0) is 9.90. The van der Waals surface area contributed by atoms with Crippen molar-refractivity contribution in [1.82, 2.24) is 9.62 Å². The molecule has 1 aliphatic heterocycles. The average molecular weight is 203 g/mol. The molecule has 1 heterocycles. The van der Waals surface area contributed by atoms with E-state index in [9.17, 15) is 8.42 Å². The van der Waals surface area contributed by atoms with Gasteiger partial charge in [0.1, 0.15) is 0 Å². The summed E-state index contributed by atoms with van der Waals surface area (Å²) in [6.07, 6.45) is 1.99. The lowest BCUT2D eigenvalue weighted by atomic mass is 10.3. The predicted molar refractivity (Wildman–Crippen MR) is 48.4 cm³/mol. The van der Waals surface area contributed by atoms with E-state index in [-0.39, 0.29) is 12.6 Å². The Hall–Kier alpha value is -0.640. The second-order valence-corrected chi connectivity index (χ2v) is 5.13. The van der Waals surface area contributed by atoms with Crippen molar-refractivity contribution in [3.63, 3.8) is 0 Å². The van der Waals surface area contributed by atoms with Crippen LogP contribution in [0.4, 0.5) is 0 Å². The van der Waals surface area contributed by atoms with Crippen LogP contribution >= 0.6 is 0 Å². The standard InChI is InChI=1S/C7H13N3O2S/c1-13(11,12)10-5-2-7(6-10)9-4-3-8/h7,9H,2,4-6H2,1H3. The molecule has 0 saturated carbocycles. The molecule has 1 rings (SSSR count). The smallest absolute Gasteiger partial charge is 0.211 e. The first-order valence-corrected chi connectivity index (χ1v) is 5.94. The van der Waals surface area contributed by atoms with E-state index in [0.717, 1.165) is 6.42 Å². The third kappa shape index (κ3) is 2.95. The maximum Gasteiger partial charge on any atom is 0.211 e. The maximum absolute atomic E-state index is 11.1. The highest BCUT2D eigenvalue weighted by Crippen LogP contribution is 2.11. The normalized spacial score (nSPS) is 24.5. The van der Waals surface area contributed by atoms with Gasteiger partial charge in [0.05, 0.1) is 18.9 Å². The third-order valence-electron chi connectivity index (χ3n) is 2.09. The summed E-state index contributed by atoms with van der Waals surface area (Å²) < 4.78 is 23.6. The maximum atomic E-state index is 11.1. The van der Waals surface area contributed by atoms with E-state index in [4.69, 9.17) is 5.26 Å². The minimum atomic E-state index is -3.05. The molecule has 1 atom stereocenters. The quantitative estimate of drug-likeness (QED) is 0.605. The highest BCUT2D eigenvalue weighted by molar-refractivity contribution is 7.88. The van der Waals surface area contributed by atoms with Gasteiger partial charge in [-0.05, 0) is 6.42 Å². The van der Waals surface area contributed by atoms with Crippen molar-refractivity contribution in [3.05, 3.63) is 0 Å². The van der Waals surface area contributed by atoms with E-state index in [0.29, 0.717) is 13.1 Å². The van der Waals surface area contributed by atoms with Crippen molar-refractivity contribution in [2.75, 3.05) is 25.9 Å². The lowest BCUT2D eigenvalue weighted by Crippen LogP contribution is -2.34. The molecular formula is C7H13N3O2S. The van der Waals surface area contributed by atoms with Gasteiger partial charge in [-0.1, -0.05) is 0 Å². The topological polar surface area (TPSA) is 73.2 Å². The van der Waals surface area contributed by atoms with Crippen molar-refractivity contribution in [2.24, 2.45) is 0 Å². The zero-order valence-electron chi connectivity index (χ0n) is 7.52. The van der Waals surface area contributed by atoms with Gasteiger partial charge in [0.25, 0.3) is 0 Å². The van der Waals surface area contributed by atoms with Crippen LogP contribution in [0.25, 0.3) is 0 Å². The molecule has 13 heavy (non-hydrogen) atoms. The van der Waals surface area contributed by atoms with Gasteiger partial charge in [0.15, 0.2) is 0 Å². The van der Waals surface area contributed by atoms with E-state index in [1.807, 2.05) is 6.07 Å². The minimum absolute atomic E-state index is 0.134. The number of nitrogens with one attached hydrogen (secondary N) is 1. The third-order valence-corrected chi connectivity index (χ3v) is 3.36. The van der Waals surface area contributed by atoms with Crippen molar-refractivity contribution in [2.45, 2.75) is 12.5 Å². The van der Waals surface area contributed by atoms with Gasteiger partial charge in [-0.25, -0.2) is 12.7 Å². The average Bonchev–Trinajstić information content (AvgIpc) is 2.47. The van der Waals surface area contributed by atoms with Gasteiger partial charge in [-0.15, -0.1) is 0 Å². The molecule has 1 fully saturated rings. The van der Waals surface area contributed by atoms with E-state index in [2.05, 4.69) is 5.32 Å². The minimum Gasteiger partial charge on any atom is -0.300 e. The number of rotatable bonds is 3. The molecule has 5 nitrogen and oxygen atoms in total. The number of hydrogen-bond acceptors (Lipinski definition) is 4. The lowest BCUT2D eigenvalue weighted by molar-refractivity contribution is 0.467. The first kappa shape index (κ1) is 10.4. The lowest BCUT2D eigenvalue weighted by Gasteiger charge is -2.12. The fourth-order valence-electron chi connectivity index (χ4n) is 1.39. The fraction of sp³-hybridized carbons (Fsp3) is 0.857. The molecule has 0 aromatic carbocycles. The Morgan fingerprint density at radius 1 is 1.69 bits per heavy atom. The van der Waals surface area contributed by atoms with Gasteiger partial charge in [-0.3, -0.25) is 0 Å². The van der Waals surface area contributed by atoms with Gasteiger partial charge >= 0.3 is 0 Å². The molecule has 0 aromatic heterocycles. The number of sulfonamides is 1. The molecule has 0 bridgehead atoms. The summed E-state index contributed by atoms with van der Waals surface area (Å²) in [6, 6.07) is 2.10. The van der Waals surface area contributed by atoms with Crippen LogP contribution in [0.5, 0.6) is 0 Å². The Morgan fingerprint density at radius 3 is 2.85 bits per heavy atom. The SMILES string of the molecule is CS(=O)(=O)N1CCC(NCC#N)C1. The zero-order valence-corrected chi connectivity index (χ0v) is 8.34. The Labute approximate surface area is 78.4 Å². The second kappa shape index (κ2) is 4.05. The van der Waals surface area contributed by atoms with Crippen LogP contribution < -0.4 is 5.32 Å². The van der Waals surface area contributed by atoms with Crippen LogP contribution in [0.3, 0.4) is 0 Å². The van der Waals surface area contributed by atoms with Crippen LogP contribution in [0.1, 0.15) is 6.42 Å². The molecular weight excluding hydrogens is 190 g/mol. The van der Waals surface area contributed by atoms with Gasteiger partial charge in [0, 0.05) is 19.1 Å². The highest BCUT2D eigenvalue weighted by Gasteiger charge is 2.27. The van der Waals surface area contributed by atoms with Crippen LogP contribution in [-0.2, 0) is 10.0 Å². The molecule has 74 valence electrons. The summed E-state index contributed by atoms with van der Waals surface area (Å²) in [4.78, 5) is 0. The molecule has 1 unspecified atom stereocenters. The first-order valence-electron chi connectivity index (χ1n) is 4.09. The summed E-state index contributed by atoms with van der Waals surface area (Å²) in [7, 11) is -3.05. The Balaban J connectivity index is 2.42. The van der Waals surface area contributed by atoms with Crippen molar-refractivity contribution in [3.8, 4) is 6.07 Å². The van der Waals surface area contributed by atoms with Crippen molar-refractivity contribution in [1.29, 1.82) is 5.26 Å². The predicted octanol–water partition coefficient (Wildman–Crippen LogP) is -0.867. The van der Waals surface area contributed by atoms with Crippen molar-refractivity contribution >= 4 is 10.0 Å². The summed E-state index contributed by atoms with van der Waals surface area (Å²) >= 11 is 0. The molecule has 6 heteroatoms. The molecule has 1 saturated heterocycles. The van der Waals surface area contributed by atoms with E-state index >= 15 is 0 Å². The number of hydrogen-bond donors (Lipinski definition) is 1. The fourth-order valence-corrected chi connectivity index (χ4v) is 2.27. The van der Waals surface area contributed by atoms with E-state index in [1.165, 1.54) is 10.6 Å². The van der Waals surface area contributed by atoms with Gasteiger partial charge < -0.3 is 5.32 Å². The monoisotopic (exact) mass is 203 g/mol. The van der Waals surface area contributed by atoms with Crippen LogP contribution in [0, 0.1) is 11.3 Å².